The normalized spacial score (nSPS) is 9.70. The fourth-order valence-corrected chi connectivity index (χ4v) is 1.81. The van der Waals surface area contributed by atoms with Crippen LogP contribution in [0.25, 0.3) is 0 Å². The number of ether oxygens (including phenoxy) is 1. The molecule has 0 heterocycles. The first-order valence-electron chi connectivity index (χ1n) is 6.71. The SMILES string of the molecule is N#CCc1ccc(NC(=O)COc2ccc([N+](=O)[O-])cc2)cc1. The summed E-state index contributed by atoms with van der Waals surface area (Å²) < 4.78 is 5.26. The summed E-state index contributed by atoms with van der Waals surface area (Å²) in [7, 11) is 0. The number of non-ortho nitro benzene ring substituents is 1. The number of nitro benzene ring substituents is 1. The maximum Gasteiger partial charge on any atom is 0.269 e. The van der Waals surface area contributed by atoms with Crippen LogP contribution in [-0.4, -0.2) is 17.4 Å². The van der Waals surface area contributed by atoms with E-state index in [1.165, 1.54) is 24.3 Å². The molecule has 0 aliphatic carbocycles. The van der Waals surface area contributed by atoms with Gasteiger partial charge in [0.1, 0.15) is 5.75 Å². The molecule has 0 aliphatic rings. The van der Waals surface area contributed by atoms with Gasteiger partial charge >= 0.3 is 0 Å². The molecule has 0 fully saturated rings. The van der Waals surface area contributed by atoms with Crippen molar-refractivity contribution >= 4 is 17.3 Å². The van der Waals surface area contributed by atoms with Crippen LogP contribution in [0.4, 0.5) is 11.4 Å². The second-order valence-electron chi connectivity index (χ2n) is 4.62. The molecule has 0 saturated carbocycles. The third-order valence-corrected chi connectivity index (χ3v) is 2.94. The van der Waals surface area contributed by atoms with E-state index in [1.54, 1.807) is 24.3 Å². The summed E-state index contributed by atoms with van der Waals surface area (Å²) in [5.74, 6) is 0.0199. The lowest BCUT2D eigenvalue weighted by molar-refractivity contribution is -0.384. The smallest absolute Gasteiger partial charge is 0.269 e. The number of hydrogen-bond acceptors (Lipinski definition) is 5. The first kappa shape index (κ1) is 16.0. The van der Waals surface area contributed by atoms with Crippen LogP contribution in [0, 0.1) is 21.4 Å². The van der Waals surface area contributed by atoms with Gasteiger partial charge in [-0.15, -0.1) is 0 Å². The van der Waals surface area contributed by atoms with Crippen LogP contribution in [0.5, 0.6) is 5.75 Å². The number of rotatable bonds is 6. The molecule has 0 aromatic heterocycles. The van der Waals surface area contributed by atoms with E-state index in [4.69, 9.17) is 10.00 Å². The average molecular weight is 311 g/mol. The molecule has 0 unspecified atom stereocenters. The molecule has 1 amide bonds. The highest BCUT2D eigenvalue weighted by atomic mass is 16.6. The third-order valence-electron chi connectivity index (χ3n) is 2.94. The molecule has 1 N–H and O–H groups in total. The van der Waals surface area contributed by atoms with Gasteiger partial charge in [-0.3, -0.25) is 14.9 Å². The quantitative estimate of drug-likeness (QED) is 0.652. The van der Waals surface area contributed by atoms with E-state index in [0.717, 1.165) is 5.56 Å². The maximum atomic E-state index is 11.8. The molecule has 2 aromatic carbocycles. The Hall–Kier alpha value is -3.40. The third kappa shape index (κ3) is 4.82. The Morgan fingerprint density at radius 2 is 1.83 bits per heavy atom. The second-order valence-corrected chi connectivity index (χ2v) is 4.62. The summed E-state index contributed by atoms with van der Waals surface area (Å²) in [6.07, 6.45) is 0.317. The number of amides is 1. The minimum absolute atomic E-state index is 0.0424. The van der Waals surface area contributed by atoms with Gasteiger partial charge in [-0.05, 0) is 29.8 Å². The topological polar surface area (TPSA) is 105 Å². The summed E-state index contributed by atoms with van der Waals surface area (Å²) in [4.78, 5) is 21.8. The van der Waals surface area contributed by atoms with Crippen molar-refractivity contribution in [3.05, 3.63) is 64.2 Å². The fraction of sp³-hybridized carbons (Fsp3) is 0.125. The van der Waals surface area contributed by atoms with Crippen LogP contribution in [0.3, 0.4) is 0 Å². The van der Waals surface area contributed by atoms with Crippen molar-refractivity contribution in [2.45, 2.75) is 6.42 Å². The highest BCUT2D eigenvalue weighted by molar-refractivity contribution is 5.91. The molecule has 0 radical (unpaired) electrons. The standard InChI is InChI=1S/C16H13N3O4/c17-10-9-12-1-3-13(4-2-12)18-16(20)11-23-15-7-5-14(6-8-15)19(21)22/h1-8H,9,11H2,(H,18,20). The summed E-state index contributed by atoms with van der Waals surface area (Å²) >= 11 is 0. The van der Waals surface area contributed by atoms with E-state index in [2.05, 4.69) is 5.32 Å². The molecular formula is C16H13N3O4. The van der Waals surface area contributed by atoms with E-state index in [-0.39, 0.29) is 18.2 Å². The fourth-order valence-electron chi connectivity index (χ4n) is 1.81. The first-order valence-corrected chi connectivity index (χ1v) is 6.71. The molecule has 0 saturated heterocycles. The van der Waals surface area contributed by atoms with Crippen LogP contribution in [0.2, 0.25) is 0 Å². The summed E-state index contributed by atoms with van der Waals surface area (Å²) in [6, 6.07) is 14.5. The maximum absolute atomic E-state index is 11.8. The summed E-state index contributed by atoms with van der Waals surface area (Å²) in [5.41, 5.74) is 1.43. The van der Waals surface area contributed by atoms with Crippen LogP contribution in [-0.2, 0) is 11.2 Å². The van der Waals surface area contributed by atoms with Gasteiger partial charge in [-0.25, -0.2) is 0 Å². The number of anilines is 1. The molecule has 2 rings (SSSR count). The van der Waals surface area contributed by atoms with Gasteiger partial charge in [0.25, 0.3) is 11.6 Å². The zero-order chi connectivity index (χ0) is 16.7. The molecule has 116 valence electrons. The van der Waals surface area contributed by atoms with Crippen LogP contribution < -0.4 is 10.1 Å². The highest BCUT2D eigenvalue weighted by Crippen LogP contribution is 2.17. The monoisotopic (exact) mass is 311 g/mol. The zero-order valence-corrected chi connectivity index (χ0v) is 12.1. The molecule has 23 heavy (non-hydrogen) atoms. The van der Waals surface area contributed by atoms with E-state index in [9.17, 15) is 14.9 Å². The average Bonchev–Trinajstić information content (AvgIpc) is 2.55. The van der Waals surface area contributed by atoms with Crippen molar-refractivity contribution < 1.29 is 14.5 Å². The second kappa shape index (κ2) is 7.56. The minimum atomic E-state index is -0.507. The number of nitro groups is 1. The van der Waals surface area contributed by atoms with E-state index in [0.29, 0.717) is 17.9 Å². The Morgan fingerprint density at radius 1 is 1.17 bits per heavy atom. The van der Waals surface area contributed by atoms with Gasteiger partial charge in [-0.2, -0.15) is 5.26 Å². The van der Waals surface area contributed by atoms with Gasteiger partial charge in [0.2, 0.25) is 0 Å². The summed E-state index contributed by atoms with van der Waals surface area (Å²) in [6.45, 7) is -0.211. The molecule has 0 atom stereocenters. The number of nitrogens with zero attached hydrogens (tertiary/aromatic N) is 2. The molecule has 0 aliphatic heterocycles. The number of hydrogen-bond donors (Lipinski definition) is 1. The number of nitrogens with one attached hydrogen (secondary N) is 1. The largest absolute Gasteiger partial charge is 0.484 e. The van der Waals surface area contributed by atoms with Crippen molar-refractivity contribution in [2.24, 2.45) is 0 Å². The van der Waals surface area contributed by atoms with Gasteiger partial charge in [0.05, 0.1) is 17.4 Å². The van der Waals surface area contributed by atoms with Gasteiger partial charge in [-0.1, -0.05) is 12.1 Å². The zero-order valence-electron chi connectivity index (χ0n) is 12.1. The number of benzene rings is 2. The lowest BCUT2D eigenvalue weighted by atomic mass is 10.1. The van der Waals surface area contributed by atoms with Crippen molar-refractivity contribution in [1.29, 1.82) is 5.26 Å². The van der Waals surface area contributed by atoms with Gasteiger partial charge in [0, 0.05) is 17.8 Å². The molecular weight excluding hydrogens is 298 g/mol. The Balaban J connectivity index is 1.85. The lowest BCUT2D eigenvalue weighted by Crippen LogP contribution is -2.20. The van der Waals surface area contributed by atoms with E-state index in [1.807, 2.05) is 6.07 Å². The Morgan fingerprint density at radius 3 is 2.39 bits per heavy atom. The van der Waals surface area contributed by atoms with Crippen LogP contribution >= 0.6 is 0 Å². The van der Waals surface area contributed by atoms with Crippen molar-refractivity contribution in [3.8, 4) is 11.8 Å². The Kier molecular flexibility index (Phi) is 5.25. The van der Waals surface area contributed by atoms with Crippen molar-refractivity contribution in [3.63, 3.8) is 0 Å². The van der Waals surface area contributed by atoms with Gasteiger partial charge < -0.3 is 10.1 Å². The van der Waals surface area contributed by atoms with Gasteiger partial charge in [0.15, 0.2) is 6.61 Å². The molecule has 7 heteroatoms. The molecule has 0 bridgehead atoms. The minimum Gasteiger partial charge on any atom is -0.484 e. The lowest BCUT2D eigenvalue weighted by Gasteiger charge is -2.07. The number of nitriles is 1. The van der Waals surface area contributed by atoms with E-state index < -0.39 is 4.92 Å². The highest BCUT2D eigenvalue weighted by Gasteiger charge is 2.07. The molecule has 0 spiro atoms. The predicted molar refractivity (Wildman–Crippen MR) is 83.0 cm³/mol. The van der Waals surface area contributed by atoms with Crippen molar-refractivity contribution in [2.75, 3.05) is 11.9 Å². The number of carbonyl (C=O) groups is 1. The molecule has 2 aromatic rings. The molecule has 7 nitrogen and oxygen atoms in total. The first-order chi connectivity index (χ1) is 11.1. The van der Waals surface area contributed by atoms with Crippen LogP contribution in [0.1, 0.15) is 5.56 Å². The van der Waals surface area contributed by atoms with E-state index >= 15 is 0 Å². The summed E-state index contributed by atoms with van der Waals surface area (Å²) in [5, 5.41) is 21.8. The number of carbonyl (C=O) groups excluding carboxylic acids is 1. The Labute approximate surface area is 132 Å². The Bertz CT molecular complexity index is 733. The van der Waals surface area contributed by atoms with Crippen molar-refractivity contribution in [1.82, 2.24) is 0 Å². The predicted octanol–water partition coefficient (Wildman–Crippen LogP) is 2.68. The van der Waals surface area contributed by atoms with Crippen LogP contribution in [0.15, 0.2) is 48.5 Å².